The van der Waals surface area contributed by atoms with Gasteiger partial charge in [-0.1, -0.05) is 0 Å². The minimum atomic E-state index is -0.883. The summed E-state index contributed by atoms with van der Waals surface area (Å²) in [5.41, 5.74) is 5.13. The van der Waals surface area contributed by atoms with E-state index in [9.17, 15) is 4.79 Å². The molecule has 5 nitrogen and oxygen atoms in total. The highest BCUT2D eigenvalue weighted by atomic mass is 16.2. The summed E-state index contributed by atoms with van der Waals surface area (Å²) in [6.45, 7) is 1.44. The van der Waals surface area contributed by atoms with Gasteiger partial charge in [0.1, 0.15) is 0 Å². The van der Waals surface area contributed by atoms with E-state index < -0.39 is 7.05 Å². The van der Waals surface area contributed by atoms with E-state index in [1.165, 1.54) is 14.7 Å². The standard InChI is InChI=1S/C3H9B2N3O2/c1-5(10)8-3(6)7-2(4)9/h10H,4H2,1H3,(H3,6,7,8,9). The third-order valence-corrected chi connectivity index (χ3v) is 0.630. The Bertz CT molecular complexity index is 158. The molecule has 0 spiro atoms. The Labute approximate surface area is 60.2 Å². The molecule has 0 fully saturated rings. The summed E-state index contributed by atoms with van der Waals surface area (Å²) in [5, 5.41) is 10.8. The van der Waals surface area contributed by atoms with Crippen molar-refractivity contribution in [3.63, 3.8) is 0 Å². The van der Waals surface area contributed by atoms with Crippen LogP contribution in [-0.4, -0.2) is 31.7 Å². The van der Waals surface area contributed by atoms with Gasteiger partial charge in [0.2, 0.25) is 7.85 Å². The SMILES string of the molecule is BC(=O)N/C(N)=N\B(C)O. The summed E-state index contributed by atoms with van der Waals surface area (Å²) < 4.78 is 0. The van der Waals surface area contributed by atoms with Crippen LogP contribution in [0.1, 0.15) is 0 Å². The van der Waals surface area contributed by atoms with Crippen molar-refractivity contribution in [2.45, 2.75) is 6.82 Å². The molecule has 0 rings (SSSR count). The van der Waals surface area contributed by atoms with Gasteiger partial charge in [-0.05, 0) is 6.82 Å². The summed E-state index contributed by atoms with van der Waals surface area (Å²) >= 11 is 0. The molecule has 0 aliphatic rings. The molecule has 0 aromatic rings. The summed E-state index contributed by atoms with van der Waals surface area (Å²) in [6, 6.07) is 0. The summed E-state index contributed by atoms with van der Waals surface area (Å²) in [7, 11) is 0.427. The third-order valence-electron chi connectivity index (χ3n) is 0.630. The normalized spacial score (nSPS) is 10.8. The summed E-state index contributed by atoms with van der Waals surface area (Å²) in [4.78, 5) is 13.7. The zero-order valence-corrected chi connectivity index (χ0v) is 5.96. The molecule has 0 aromatic carbocycles. The number of nitrogens with one attached hydrogen (secondary N) is 1. The van der Waals surface area contributed by atoms with Crippen molar-refractivity contribution in [1.82, 2.24) is 5.32 Å². The van der Waals surface area contributed by atoms with Crippen LogP contribution in [0.3, 0.4) is 0 Å². The molecule has 0 unspecified atom stereocenters. The fourth-order valence-electron chi connectivity index (χ4n) is 0.414. The molecule has 1 amide bonds. The van der Waals surface area contributed by atoms with Gasteiger partial charge in [-0.25, -0.2) is 0 Å². The van der Waals surface area contributed by atoms with Crippen LogP contribution in [0.25, 0.3) is 0 Å². The number of rotatable bonds is 1. The van der Waals surface area contributed by atoms with E-state index in [4.69, 9.17) is 10.8 Å². The highest BCUT2D eigenvalue weighted by molar-refractivity contribution is 6.59. The van der Waals surface area contributed by atoms with Crippen molar-refractivity contribution in [2.75, 3.05) is 0 Å². The largest absolute Gasteiger partial charge is 0.431 e. The molecule has 0 aliphatic carbocycles. The average molecular weight is 141 g/mol. The molecule has 0 bridgehead atoms. The quantitative estimate of drug-likeness (QED) is 0.219. The number of carbonyl (C=O) groups excluding carboxylic acids is 1. The Hall–Kier alpha value is -0.970. The Morgan fingerprint density at radius 3 is 2.70 bits per heavy atom. The summed E-state index contributed by atoms with van der Waals surface area (Å²) in [5.74, 6) is -0.371. The average Bonchev–Trinajstić information content (AvgIpc) is 1.58. The fourth-order valence-corrected chi connectivity index (χ4v) is 0.414. The smallest absolute Gasteiger partial charge is 0.431 e. The van der Waals surface area contributed by atoms with Gasteiger partial charge < -0.3 is 16.1 Å². The second kappa shape index (κ2) is 3.94. The van der Waals surface area contributed by atoms with Gasteiger partial charge in [-0.2, -0.15) is 0 Å². The zero-order chi connectivity index (χ0) is 8.15. The van der Waals surface area contributed by atoms with Crippen molar-refractivity contribution in [1.29, 1.82) is 0 Å². The monoisotopic (exact) mass is 141 g/mol. The van der Waals surface area contributed by atoms with Crippen molar-refractivity contribution >= 4 is 26.7 Å². The summed E-state index contributed by atoms with van der Waals surface area (Å²) in [6.07, 6.45) is 0. The number of nitrogens with two attached hydrogens (primary N) is 1. The highest BCUT2D eigenvalue weighted by Crippen LogP contribution is 1.73. The van der Waals surface area contributed by atoms with Gasteiger partial charge in [-0.15, -0.1) is 0 Å². The van der Waals surface area contributed by atoms with Gasteiger partial charge >= 0.3 is 7.05 Å². The van der Waals surface area contributed by atoms with Gasteiger partial charge in [0, 0.05) is 0 Å². The molecule has 0 aromatic heterocycles. The van der Waals surface area contributed by atoms with E-state index in [1.54, 1.807) is 0 Å². The van der Waals surface area contributed by atoms with E-state index >= 15 is 0 Å². The van der Waals surface area contributed by atoms with Gasteiger partial charge in [0.05, 0.1) is 0 Å². The second-order valence-corrected chi connectivity index (χ2v) is 1.83. The lowest BCUT2D eigenvalue weighted by Gasteiger charge is -1.99. The molecule has 0 heterocycles. The number of hydrogen-bond acceptors (Lipinski definition) is 3. The predicted octanol–water partition coefficient (Wildman–Crippen LogP) is -2.25. The van der Waals surface area contributed by atoms with Crippen LogP contribution in [0.15, 0.2) is 4.90 Å². The van der Waals surface area contributed by atoms with Crippen molar-refractivity contribution in [2.24, 2.45) is 10.6 Å². The zero-order valence-electron chi connectivity index (χ0n) is 5.96. The Balaban J connectivity index is 3.82. The van der Waals surface area contributed by atoms with E-state index in [0.717, 1.165) is 0 Å². The van der Waals surface area contributed by atoms with Crippen molar-refractivity contribution < 1.29 is 9.82 Å². The molecule has 0 atom stereocenters. The number of amides is 1. The van der Waals surface area contributed by atoms with Crippen LogP contribution < -0.4 is 11.1 Å². The van der Waals surface area contributed by atoms with Crippen LogP contribution in [0.2, 0.25) is 6.82 Å². The molecule has 10 heavy (non-hydrogen) atoms. The molecule has 4 N–H and O–H groups in total. The third kappa shape index (κ3) is 5.17. The van der Waals surface area contributed by atoms with Gasteiger partial charge in [0.15, 0.2) is 11.8 Å². The molecule has 0 radical (unpaired) electrons. The number of guanidine groups is 1. The number of hydrogen-bond donors (Lipinski definition) is 3. The lowest BCUT2D eigenvalue weighted by atomic mass is 9.91. The maximum absolute atomic E-state index is 10.3. The molecule has 7 heteroatoms. The van der Waals surface area contributed by atoms with Gasteiger partial charge in [0.25, 0.3) is 0 Å². The molecule has 0 saturated heterocycles. The predicted molar refractivity (Wildman–Crippen MR) is 42.5 cm³/mol. The van der Waals surface area contributed by atoms with Crippen LogP contribution in [0.4, 0.5) is 4.79 Å². The lowest BCUT2D eigenvalue weighted by molar-refractivity contribution is 0.263. The molecular weight excluding hydrogens is 132 g/mol. The first-order valence-electron chi connectivity index (χ1n) is 2.81. The van der Waals surface area contributed by atoms with Crippen molar-refractivity contribution in [3.05, 3.63) is 0 Å². The minimum Gasteiger partial charge on any atom is -0.431 e. The minimum absolute atomic E-state index is 0.0671. The number of carbonyl (C=O) groups is 1. The van der Waals surface area contributed by atoms with Gasteiger partial charge in [-0.3, -0.25) is 9.70 Å². The molecule has 0 aliphatic heterocycles. The first-order chi connectivity index (χ1) is 4.52. The van der Waals surface area contributed by atoms with Crippen LogP contribution in [-0.2, 0) is 0 Å². The van der Waals surface area contributed by atoms with Crippen molar-refractivity contribution in [3.8, 4) is 0 Å². The molecular formula is C3H9B2N3O2. The van der Waals surface area contributed by atoms with E-state index in [2.05, 4.69) is 10.2 Å². The topological polar surface area (TPSA) is 87.7 Å². The molecule has 54 valence electrons. The Morgan fingerprint density at radius 2 is 2.40 bits per heavy atom. The van der Waals surface area contributed by atoms with E-state index in [-0.39, 0.29) is 11.8 Å². The van der Waals surface area contributed by atoms with E-state index in [1.807, 2.05) is 0 Å². The second-order valence-electron chi connectivity index (χ2n) is 1.83. The first kappa shape index (κ1) is 9.03. The Morgan fingerprint density at radius 1 is 1.90 bits per heavy atom. The number of nitrogens with zero attached hydrogens (tertiary/aromatic N) is 1. The maximum atomic E-state index is 10.3. The maximum Gasteiger partial charge on any atom is 0.431 e. The fraction of sp³-hybridized carbons (Fsp3) is 0.333. The first-order valence-corrected chi connectivity index (χ1v) is 2.81. The van der Waals surface area contributed by atoms with Crippen LogP contribution in [0, 0.1) is 0 Å². The molecule has 0 saturated carbocycles. The van der Waals surface area contributed by atoms with Crippen LogP contribution in [0.5, 0.6) is 0 Å². The lowest BCUT2D eigenvalue weighted by Crippen LogP contribution is -2.37. The van der Waals surface area contributed by atoms with Crippen LogP contribution >= 0.6 is 0 Å². The Kier molecular flexibility index (Phi) is 3.56. The van der Waals surface area contributed by atoms with E-state index in [0.29, 0.717) is 0 Å². The highest BCUT2D eigenvalue weighted by Gasteiger charge is 2.00.